The van der Waals surface area contributed by atoms with Crippen molar-refractivity contribution >= 4 is 23.5 Å². The predicted molar refractivity (Wildman–Crippen MR) is 135 cm³/mol. The van der Waals surface area contributed by atoms with Gasteiger partial charge in [-0.05, 0) is 36.8 Å². The van der Waals surface area contributed by atoms with Crippen LogP contribution in [0.3, 0.4) is 0 Å². The van der Waals surface area contributed by atoms with Gasteiger partial charge in [-0.15, -0.1) is 10.2 Å². The molecular formula is C27H25N5O3. The first-order valence-corrected chi connectivity index (χ1v) is 11.1. The average molecular weight is 468 g/mol. The number of carbonyl (C=O) groups excluding carboxylic acids is 2. The lowest BCUT2D eigenvalue weighted by Crippen LogP contribution is -2.22. The smallest absolute Gasteiger partial charge is 0.325 e. The van der Waals surface area contributed by atoms with E-state index in [-0.39, 0.29) is 18.0 Å². The fraction of sp³-hybridized carbons (Fsp3) is 0.111. The zero-order chi connectivity index (χ0) is 24.6. The van der Waals surface area contributed by atoms with Crippen LogP contribution >= 0.6 is 0 Å². The van der Waals surface area contributed by atoms with E-state index in [1.807, 2.05) is 61.5 Å². The number of ether oxygens (including phenoxy) is 1. The molecule has 1 heterocycles. The molecule has 0 radical (unpaired) electrons. The second-order valence-corrected chi connectivity index (χ2v) is 7.94. The molecule has 2 amide bonds. The maximum Gasteiger partial charge on any atom is 0.325 e. The molecule has 0 fully saturated rings. The van der Waals surface area contributed by atoms with Gasteiger partial charge in [0.05, 0.1) is 17.8 Å². The van der Waals surface area contributed by atoms with E-state index in [2.05, 4.69) is 20.8 Å². The number of nitrogens with zero attached hydrogens (tertiary/aromatic N) is 2. The van der Waals surface area contributed by atoms with Gasteiger partial charge >= 0.3 is 12.0 Å². The second kappa shape index (κ2) is 11.0. The van der Waals surface area contributed by atoms with Crippen LogP contribution in [-0.4, -0.2) is 22.2 Å². The van der Waals surface area contributed by atoms with Gasteiger partial charge in [0.2, 0.25) is 0 Å². The number of hydrogen-bond acceptors (Lipinski definition) is 6. The lowest BCUT2D eigenvalue weighted by Gasteiger charge is -2.14. The largest absolute Gasteiger partial charge is 0.424 e. The third kappa shape index (κ3) is 6.49. The number of aryl methyl sites for hydroxylation is 1. The Morgan fingerprint density at radius 1 is 0.886 bits per heavy atom. The zero-order valence-electron chi connectivity index (χ0n) is 19.1. The summed E-state index contributed by atoms with van der Waals surface area (Å²) in [6, 6.07) is 26.3. The molecule has 8 nitrogen and oxygen atoms in total. The minimum absolute atomic E-state index is 0.00661. The van der Waals surface area contributed by atoms with Gasteiger partial charge < -0.3 is 15.8 Å². The lowest BCUT2D eigenvalue weighted by molar-refractivity contribution is -0.134. The standard InChI is InChI=1S/C27H25N5O3/c1-18-8-7-11-20(16-18)21(28)17-26(33)35-24-13-6-5-12-23(24)29-27(34)30-25-15-14-22(31-32-25)19-9-3-2-4-10-19/h2-16,21H,17,28H2,1H3,(H2,29,30,32,34). The Bertz CT molecular complexity index is 1310. The van der Waals surface area contributed by atoms with Gasteiger partial charge in [-0.25, -0.2) is 4.79 Å². The number of nitrogens with one attached hydrogen (secondary N) is 2. The van der Waals surface area contributed by atoms with E-state index in [1.165, 1.54) is 0 Å². The molecule has 4 aromatic rings. The fourth-order valence-electron chi connectivity index (χ4n) is 3.45. The maximum atomic E-state index is 12.5. The summed E-state index contributed by atoms with van der Waals surface area (Å²) in [4.78, 5) is 25.0. The van der Waals surface area contributed by atoms with Crippen LogP contribution in [0.1, 0.15) is 23.6 Å². The van der Waals surface area contributed by atoms with E-state index in [9.17, 15) is 9.59 Å². The molecule has 8 heteroatoms. The highest BCUT2D eigenvalue weighted by molar-refractivity contribution is 6.00. The number of rotatable bonds is 7. The Morgan fingerprint density at radius 3 is 2.40 bits per heavy atom. The predicted octanol–water partition coefficient (Wildman–Crippen LogP) is 5.09. The number of para-hydroxylation sites is 2. The number of benzene rings is 3. The number of anilines is 2. The Kier molecular flexibility index (Phi) is 7.44. The molecule has 0 bridgehead atoms. The highest BCUT2D eigenvalue weighted by Gasteiger charge is 2.16. The number of hydrogen-bond donors (Lipinski definition) is 3. The summed E-state index contributed by atoms with van der Waals surface area (Å²) in [5.74, 6) is -0.00795. The van der Waals surface area contributed by atoms with Crippen molar-refractivity contribution in [3.05, 3.63) is 102 Å². The quantitative estimate of drug-likeness (QED) is 0.257. The van der Waals surface area contributed by atoms with Gasteiger partial charge in [0.1, 0.15) is 0 Å². The van der Waals surface area contributed by atoms with E-state index in [0.717, 1.165) is 16.7 Å². The van der Waals surface area contributed by atoms with E-state index in [4.69, 9.17) is 10.5 Å². The maximum absolute atomic E-state index is 12.5. The Hall–Kier alpha value is -4.56. The highest BCUT2D eigenvalue weighted by atomic mass is 16.5. The van der Waals surface area contributed by atoms with Crippen molar-refractivity contribution < 1.29 is 14.3 Å². The molecule has 0 aliphatic rings. The summed E-state index contributed by atoms with van der Waals surface area (Å²) >= 11 is 0. The van der Waals surface area contributed by atoms with Crippen molar-refractivity contribution in [1.82, 2.24) is 10.2 Å². The molecule has 0 saturated heterocycles. The first-order valence-electron chi connectivity index (χ1n) is 11.1. The summed E-state index contributed by atoms with van der Waals surface area (Å²) < 4.78 is 5.49. The van der Waals surface area contributed by atoms with Crippen LogP contribution < -0.4 is 21.1 Å². The molecule has 0 saturated carbocycles. The summed E-state index contributed by atoms with van der Waals surface area (Å²) in [6.07, 6.45) is -0.00661. The number of nitrogens with two attached hydrogens (primary N) is 1. The van der Waals surface area contributed by atoms with Crippen molar-refractivity contribution in [2.24, 2.45) is 5.73 Å². The molecule has 0 aliphatic heterocycles. The Balaban J connectivity index is 1.36. The number of urea groups is 1. The molecule has 4 N–H and O–H groups in total. The van der Waals surface area contributed by atoms with Gasteiger partial charge in [0, 0.05) is 11.6 Å². The Labute approximate surface area is 203 Å². The normalized spacial score (nSPS) is 11.4. The molecule has 3 aromatic carbocycles. The molecular weight excluding hydrogens is 442 g/mol. The van der Waals surface area contributed by atoms with E-state index < -0.39 is 18.0 Å². The molecule has 176 valence electrons. The highest BCUT2D eigenvalue weighted by Crippen LogP contribution is 2.26. The molecule has 0 spiro atoms. The van der Waals surface area contributed by atoms with Crippen LogP contribution in [0.5, 0.6) is 5.75 Å². The monoisotopic (exact) mass is 467 g/mol. The third-order valence-corrected chi connectivity index (χ3v) is 5.19. The number of aromatic nitrogens is 2. The van der Waals surface area contributed by atoms with Gasteiger partial charge in [-0.3, -0.25) is 10.1 Å². The molecule has 35 heavy (non-hydrogen) atoms. The first kappa shape index (κ1) is 23.6. The summed E-state index contributed by atoms with van der Waals surface area (Å²) in [7, 11) is 0. The minimum Gasteiger partial charge on any atom is -0.424 e. The van der Waals surface area contributed by atoms with Crippen molar-refractivity contribution in [2.75, 3.05) is 10.6 Å². The van der Waals surface area contributed by atoms with Gasteiger partial charge in [0.15, 0.2) is 11.6 Å². The van der Waals surface area contributed by atoms with Crippen LogP contribution in [0.15, 0.2) is 91.0 Å². The minimum atomic E-state index is -0.549. The topological polar surface area (TPSA) is 119 Å². The average Bonchev–Trinajstić information content (AvgIpc) is 2.86. The number of amides is 2. The van der Waals surface area contributed by atoms with Crippen molar-refractivity contribution in [3.63, 3.8) is 0 Å². The van der Waals surface area contributed by atoms with Crippen LogP contribution in [0.4, 0.5) is 16.3 Å². The van der Waals surface area contributed by atoms with Gasteiger partial charge in [-0.1, -0.05) is 72.3 Å². The molecule has 0 aliphatic carbocycles. The molecule has 1 aromatic heterocycles. The fourth-order valence-corrected chi connectivity index (χ4v) is 3.45. The van der Waals surface area contributed by atoms with Gasteiger partial charge in [-0.2, -0.15) is 0 Å². The van der Waals surface area contributed by atoms with Crippen molar-refractivity contribution in [2.45, 2.75) is 19.4 Å². The van der Waals surface area contributed by atoms with Gasteiger partial charge in [0.25, 0.3) is 0 Å². The lowest BCUT2D eigenvalue weighted by atomic mass is 10.0. The summed E-state index contributed by atoms with van der Waals surface area (Å²) in [5.41, 5.74) is 10.0. The molecule has 4 rings (SSSR count). The molecule has 1 unspecified atom stereocenters. The van der Waals surface area contributed by atoms with E-state index in [0.29, 0.717) is 11.4 Å². The first-order chi connectivity index (χ1) is 17.0. The van der Waals surface area contributed by atoms with E-state index >= 15 is 0 Å². The number of esters is 1. The van der Waals surface area contributed by atoms with Crippen molar-refractivity contribution in [1.29, 1.82) is 0 Å². The Morgan fingerprint density at radius 2 is 1.66 bits per heavy atom. The second-order valence-electron chi connectivity index (χ2n) is 7.94. The van der Waals surface area contributed by atoms with Crippen molar-refractivity contribution in [3.8, 4) is 17.0 Å². The number of carbonyl (C=O) groups is 2. The van der Waals surface area contributed by atoms with Crippen LogP contribution in [0.2, 0.25) is 0 Å². The summed E-state index contributed by atoms with van der Waals surface area (Å²) in [6.45, 7) is 1.96. The molecule has 1 atom stereocenters. The van der Waals surface area contributed by atoms with E-state index in [1.54, 1.807) is 36.4 Å². The zero-order valence-corrected chi connectivity index (χ0v) is 19.1. The van der Waals surface area contributed by atoms with Crippen LogP contribution in [-0.2, 0) is 4.79 Å². The summed E-state index contributed by atoms with van der Waals surface area (Å²) in [5, 5.41) is 13.5. The van der Waals surface area contributed by atoms with Crippen LogP contribution in [0, 0.1) is 6.92 Å². The SMILES string of the molecule is Cc1cccc(C(N)CC(=O)Oc2ccccc2NC(=O)Nc2ccc(-c3ccccc3)nn2)c1. The third-order valence-electron chi connectivity index (χ3n) is 5.19. The van der Waals surface area contributed by atoms with Crippen LogP contribution in [0.25, 0.3) is 11.3 Å².